The first-order chi connectivity index (χ1) is 15.2. The molecule has 2 aromatic rings. The van der Waals surface area contributed by atoms with E-state index in [4.69, 9.17) is 14.9 Å². The van der Waals surface area contributed by atoms with Gasteiger partial charge in [0.25, 0.3) is 0 Å². The SMILES string of the molecule is CC=CC(C)(C)c1cccc(C(=O)CN2Cc3cc(OCC)c(OCC)c(F)c3C2=N)c1. The van der Waals surface area contributed by atoms with E-state index in [2.05, 4.69) is 19.9 Å². The molecule has 0 saturated heterocycles. The summed E-state index contributed by atoms with van der Waals surface area (Å²) < 4.78 is 26.2. The van der Waals surface area contributed by atoms with Crippen molar-refractivity contribution in [3.8, 4) is 11.5 Å². The number of allylic oxidation sites excluding steroid dienone is 2. The van der Waals surface area contributed by atoms with Gasteiger partial charge in [0.1, 0.15) is 5.84 Å². The number of nitrogens with one attached hydrogen (secondary N) is 1. The average molecular weight is 439 g/mol. The number of benzene rings is 2. The number of carbonyl (C=O) groups is 1. The van der Waals surface area contributed by atoms with Gasteiger partial charge >= 0.3 is 0 Å². The number of ketones is 1. The summed E-state index contributed by atoms with van der Waals surface area (Å²) in [5.74, 6) is -0.394. The Morgan fingerprint density at radius 2 is 1.94 bits per heavy atom. The van der Waals surface area contributed by atoms with Gasteiger partial charge in [0.05, 0.1) is 25.3 Å². The molecule has 0 spiro atoms. The number of ether oxygens (including phenoxy) is 2. The van der Waals surface area contributed by atoms with Crippen molar-refractivity contribution in [2.45, 2.75) is 46.6 Å². The summed E-state index contributed by atoms with van der Waals surface area (Å²) in [6, 6.07) is 9.28. The van der Waals surface area contributed by atoms with Crippen LogP contribution in [0.5, 0.6) is 11.5 Å². The van der Waals surface area contributed by atoms with Crippen LogP contribution >= 0.6 is 0 Å². The van der Waals surface area contributed by atoms with Crippen LogP contribution < -0.4 is 9.47 Å². The van der Waals surface area contributed by atoms with Gasteiger partial charge in [-0.3, -0.25) is 10.2 Å². The van der Waals surface area contributed by atoms with Crippen LogP contribution in [-0.2, 0) is 12.0 Å². The lowest BCUT2D eigenvalue weighted by Crippen LogP contribution is -2.30. The molecule has 0 radical (unpaired) electrons. The van der Waals surface area contributed by atoms with Gasteiger partial charge in [-0.2, -0.15) is 0 Å². The normalized spacial score (nSPS) is 13.6. The topological polar surface area (TPSA) is 62.6 Å². The van der Waals surface area contributed by atoms with E-state index in [1.165, 1.54) is 0 Å². The molecule has 32 heavy (non-hydrogen) atoms. The minimum Gasteiger partial charge on any atom is -0.490 e. The number of nitrogens with zero attached hydrogens (tertiary/aromatic N) is 1. The highest BCUT2D eigenvalue weighted by Gasteiger charge is 2.33. The van der Waals surface area contributed by atoms with Crippen LogP contribution in [0.2, 0.25) is 0 Å². The summed E-state index contributed by atoms with van der Waals surface area (Å²) in [6.07, 6.45) is 4.09. The van der Waals surface area contributed by atoms with Crippen LogP contribution in [0, 0.1) is 11.2 Å². The minimum absolute atomic E-state index is 0.00557. The third-order valence-corrected chi connectivity index (χ3v) is 5.62. The molecule has 6 heteroatoms. The van der Waals surface area contributed by atoms with Crippen LogP contribution in [0.25, 0.3) is 0 Å². The Morgan fingerprint density at radius 3 is 2.59 bits per heavy atom. The molecule has 0 amide bonds. The fourth-order valence-corrected chi connectivity index (χ4v) is 4.03. The lowest BCUT2D eigenvalue weighted by atomic mass is 9.83. The molecule has 1 aliphatic rings. The Hall–Kier alpha value is -3.15. The van der Waals surface area contributed by atoms with Crippen LogP contribution in [0.4, 0.5) is 4.39 Å². The van der Waals surface area contributed by atoms with Crippen molar-refractivity contribution in [1.82, 2.24) is 4.90 Å². The molecule has 1 heterocycles. The third-order valence-electron chi connectivity index (χ3n) is 5.62. The van der Waals surface area contributed by atoms with Crippen molar-refractivity contribution >= 4 is 11.6 Å². The molecule has 0 fully saturated rings. The lowest BCUT2D eigenvalue weighted by molar-refractivity contribution is 0.0962. The molecule has 0 saturated carbocycles. The highest BCUT2D eigenvalue weighted by atomic mass is 19.1. The molecular formula is C26H31FN2O3. The van der Waals surface area contributed by atoms with Crippen molar-refractivity contribution in [3.63, 3.8) is 0 Å². The predicted molar refractivity (Wildman–Crippen MR) is 125 cm³/mol. The molecule has 0 bridgehead atoms. The van der Waals surface area contributed by atoms with E-state index >= 15 is 4.39 Å². The quantitative estimate of drug-likeness (QED) is 0.415. The van der Waals surface area contributed by atoms with Crippen molar-refractivity contribution in [2.24, 2.45) is 0 Å². The van der Waals surface area contributed by atoms with E-state index in [-0.39, 0.29) is 48.0 Å². The lowest BCUT2D eigenvalue weighted by Gasteiger charge is -2.22. The fraction of sp³-hybridized carbons (Fsp3) is 0.385. The number of hydrogen-bond acceptors (Lipinski definition) is 4. The van der Waals surface area contributed by atoms with Gasteiger partial charge in [0, 0.05) is 17.5 Å². The number of Topliss-reactive ketones (excluding diaryl/α,β-unsaturated/α-hetero) is 1. The number of amidine groups is 1. The monoisotopic (exact) mass is 438 g/mol. The van der Waals surface area contributed by atoms with E-state index in [0.29, 0.717) is 23.5 Å². The first-order valence-electron chi connectivity index (χ1n) is 11.0. The zero-order valence-corrected chi connectivity index (χ0v) is 19.4. The summed E-state index contributed by atoms with van der Waals surface area (Å²) in [4.78, 5) is 14.6. The smallest absolute Gasteiger partial charge is 0.197 e. The minimum atomic E-state index is -0.608. The molecule has 0 aliphatic carbocycles. The van der Waals surface area contributed by atoms with E-state index in [9.17, 15) is 4.79 Å². The van der Waals surface area contributed by atoms with Gasteiger partial charge in [-0.15, -0.1) is 0 Å². The summed E-state index contributed by atoms with van der Waals surface area (Å²) in [6.45, 7) is 10.7. The highest BCUT2D eigenvalue weighted by molar-refractivity contribution is 6.05. The predicted octanol–water partition coefficient (Wildman–Crippen LogP) is 5.50. The Morgan fingerprint density at radius 1 is 1.22 bits per heavy atom. The third kappa shape index (κ3) is 4.54. The Kier molecular flexibility index (Phi) is 7.02. The molecule has 1 aliphatic heterocycles. The van der Waals surface area contributed by atoms with Crippen LogP contribution in [0.15, 0.2) is 42.5 Å². The summed E-state index contributed by atoms with van der Waals surface area (Å²) >= 11 is 0. The molecule has 0 unspecified atom stereocenters. The summed E-state index contributed by atoms with van der Waals surface area (Å²) in [5, 5.41) is 8.51. The zero-order chi connectivity index (χ0) is 23.5. The Labute approximate surface area is 189 Å². The second-order valence-electron chi connectivity index (χ2n) is 8.35. The van der Waals surface area contributed by atoms with E-state index < -0.39 is 5.82 Å². The zero-order valence-electron chi connectivity index (χ0n) is 19.4. The second-order valence-corrected chi connectivity index (χ2v) is 8.35. The number of hydrogen-bond donors (Lipinski definition) is 1. The molecule has 0 aromatic heterocycles. The van der Waals surface area contributed by atoms with Gasteiger partial charge in [-0.1, -0.05) is 44.2 Å². The van der Waals surface area contributed by atoms with Crippen molar-refractivity contribution in [1.29, 1.82) is 5.41 Å². The first kappa shape index (κ1) is 23.5. The maximum Gasteiger partial charge on any atom is 0.197 e. The highest BCUT2D eigenvalue weighted by Crippen LogP contribution is 2.39. The number of fused-ring (bicyclic) bond motifs is 1. The van der Waals surface area contributed by atoms with Crippen molar-refractivity contribution < 1.29 is 18.7 Å². The van der Waals surface area contributed by atoms with Gasteiger partial charge in [0.15, 0.2) is 23.1 Å². The standard InChI is InChI=1S/C26H31FN2O3/c1-6-12-26(4,5)19-11-9-10-17(13-19)20(30)16-29-15-18-14-21(31-7-2)24(32-8-3)23(27)22(18)25(29)28/h6,9-14,28H,7-8,15-16H2,1-5H3. The molecule has 5 nitrogen and oxygen atoms in total. The Balaban J connectivity index is 1.85. The molecule has 3 rings (SSSR count). The molecule has 0 atom stereocenters. The van der Waals surface area contributed by atoms with E-state index in [0.717, 1.165) is 5.56 Å². The summed E-state index contributed by atoms with van der Waals surface area (Å²) in [7, 11) is 0. The average Bonchev–Trinajstić information content (AvgIpc) is 3.06. The van der Waals surface area contributed by atoms with Crippen molar-refractivity contribution in [3.05, 3.63) is 70.6 Å². The van der Waals surface area contributed by atoms with Gasteiger partial charge < -0.3 is 14.4 Å². The van der Waals surface area contributed by atoms with Crippen LogP contribution in [-0.4, -0.2) is 36.3 Å². The van der Waals surface area contributed by atoms with Crippen molar-refractivity contribution in [2.75, 3.05) is 19.8 Å². The molecule has 1 N–H and O–H groups in total. The maximum absolute atomic E-state index is 15.2. The van der Waals surface area contributed by atoms with Crippen LogP contribution in [0.3, 0.4) is 0 Å². The number of halogens is 1. The number of carbonyl (C=O) groups excluding carboxylic acids is 1. The van der Waals surface area contributed by atoms with Gasteiger partial charge in [-0.05, 0) is 44.0 Å². The first-order valence-corrected chi connectivity index (χ1v) is 11.0. The van der Waals surface area contributed by atoms with Crippen LogP contribution in [0.1, 0.15) is 61.7 Å². The second kappa shape index (κ2) is 9.55. The van der Waals surface area contributed by atoms with E-state index in [1.54, 1.807) is 24.0 Å². The Bertz CT molecular complexity index is 1060. The number of rotatable bonds is 9. The van der Waals surface area contributed by atoms with E-state index in [1.807, 2.05) is 38.1 Å². The molecular weight excluding hydrogens is 407 g/mol. The molecule has 170 valence electrons. The van der Waals surface area contributed by atoms with Gasteiger partial charge in [-0.25, -0.2) is 4.39 Å². The fourth-order valence-electron chi connectivity index (χ4n) is 4.03. The van der Waals surface area contributed by atoms with Gasteiger partial charge in [0.2, 0.25) is 0 Å². The largest absolute Gasteiger partial charge is 0.490 e. The summed E-state index contributed by atoms with van der Waals surface area (Å²) in [5.41, 5.74) is 2.21. The maximum atomic E-state index is 15.2. The molecule has 2 aromatic carbocycles.